The third-order valence-electron chi connectivity index (χ3n) is 5.99. The van der Waals surface area contributed by atoms with E-state index in [0.717, 1.165) is 43.2 Å². The van der Waals surface area contributed by atoms with Crippen molar-refractivity contribution in [2.45, 2.75) is 45.0 Å². The van der Waals surface area contributed by atoms with E-state index in [1.165, 1.54) is 31.4 Å². The first-order chi connectivity index (χ1) is 11.9. The number of aromatic nitrogens is 3. The Balaban J connectivity index is 1.45. The molecule has 126 valence electrons. The molecule has 3 aliphatic rings. The van der Waals surface area contributed by atoms with Gasteiger partial charge < -0.3 is 9.30 Å². The van der Waals surface area contributed by atoms with E-state index in [1.807, 2.05) is 0 Å². The van der Waals surface area contributed by atoms with Gasteiger partial charge >= 0.3 is 0 Å². The number of piperidine rings is 1. The average Bonchev–Trinajstić information content (AvgIpc) is 3.21. The predicted octanol–water partition coefficient (Wildman–Crippen LogP) is 2.78. The standard InChI is InChI=1S/C19H24N4O/c1-2-4-15(5-3-1)19-16-7-6-14(10-16)11-22(19)12-17-20-21-18-13-24-9-8-23(17)18/h1-5,14,16,19H,6-13H2. The summed E-state index contributed by atoms with van der Waals surface area (Å²) in [5.41, 5.74) is 1.46. The van der Waals surface area contributed by atoms with E-state index in [2.05, 4.69) is 50.0 Å². The van der Waals surface area contributed by atoms with Crippen molar-refractivity contribution in [3.05, 3.63) is 47.5 Å². The van der Waals surface area contributed by atoms with Crippen LogP contribution in [0.15, 0.2) is 30.3 Å². The lowest BCUT2D eigenvalue weighted by Crippen LogP contribution is -2.40. The van der Waals surface area contributed by atoms with Crippen molar-refractivity contribution in [2.24, 2.45) is 11.8 Å². The van der Waals surface area contributed by atoms with Crippen molar-refractivity contribution in [1.82, 2.24) is 19.7 Å². The average molecular weight is 324 g/mol. The molecule has 3 unspecified atom stereocenters. The van der Waals surface area contributed by atoms with E-state index in [9.17, 15) is 0 Å². The molecule has 0 amide bonds. The quantitative estimate of drug-likeness (QED) is 0.871. The zero-order chi connectivity index (χ0) is 15.9. The Bertz CT molecular complexity index is 713. The molecule has 1 saturated heterocycles. The summed E-state index contributed by atoms with van der Waals surface area (Å²) in [7, 11) is 0. The molecule has 3 heterocycles. The van der Waals surface area contributed by atoms with Crippen molar-refractivity contribution in [3.8, 4) is 0 Å². The van der Waals surface area contributed by atoms with Crippen LogP contribution in [0.4, 0.5) is 0 Å². The van der Waals surface area contributed by atoms with Crippen LogP contribution in [-0.2, 0) is 24.4 Å². The van der Waals surface area contributed by atoms with Crippen LogP contribution in [0.3, 0.4) is 0 Å². The van der Waals surface area contributed by atoms with Crippen molar-refractivity contribution in [1.29, 1.82) is 0 Å². The van der Waals surface area contributed by atoms with Gasteiger partial charge in [-0.25, -0.2) is 0 Å². The van der Waals surface area contributed by atoms with Crippen molar-refractivity contribution in [3.63, 3.8) is 0 Å². The van der Waals surface area contributed by atoms with E-state index in [-0.39, 0.29) is 0 Å². The van der Waals surface area contributed by atoms with Crippen LogP contribution >= 0.6 is 0 Å². The number of nitrogens with zero attached hydrogens (tertiary/aromatic N) is 4. The predicted molar refractivity (Wildman–Crippen MR) is 90.1 cm³/mol. The van der Waals surface area contributed by atoms with Crippen LogP contribution in [0.25, 0.3) is 0 Å². The van der Waals surface area contributed by atoms with E-state index < -0.39 is 0 Å². The molecule has 0 N–H and O–H groups in total. The summed E-state index contributed by atoms with van der Waals surface area (Å²) >= 11 is 0. The summed E-state index contributed by atoms with van der Waals surface area (Å²) in [6, 6.07) is 11.6. The molecule has 1 aromatic heterocycles. The SMILES string of the molecule is c1ccc(C2C3CCC(C3)CN2Cc2nnc3n2CCOC3)cc1. The lowest BCUT2D eigenvalue weighted by Gasteiger charge is -2.40. The van der Waals surface area contributed by atoms with Gasteiger partial charge in [0.25, 0.3) is 0 Å². The monoisotopic (exact) mass is 324 g/mol. The normalized spacial score (nSPS) is 29.6. The van der Waals surface area contributed by atoms with Gasteiger partial charge in [0.05, 0.1) is 13.2 Å². The molecule has 1 saturated carbocycles. The number of rotatable bonds is 3. The van der Waals surface area contributed by atoms with Crippen molar-refractivity contribution in [2.75, 3.05) is 13.2 Å². The summed E-state index contributed by atoms with van der Waals surface area (Å²) < 4.78 is 7.76. The third kappa shape index (κ3) is 2.47. The molecular formula is C19H24N4O. The molecule has 0 radical (unpaired) electrons. The molecule has 0 spiro atoms. The fourth-order valence-corrected chi connectivity index (χ4v) is 4.96. The van der Waals surface area contributed by atoms with Crippen LogP contribution < -0.4 is 0 Å². The molecule has 1 aliphatic carbocycles. The molecule has 2 fully saturated rings. The summed E-state index contributed by atoms with van der Waals surface area (Å²) in [5, 5.41) is 8.82. The van der Waals surface area contributed by atoms with Gasteiger partial charge in [-0.15, -0.1) is 10.2 Å². The second kappa shape index (κ2) is 5.97. The first kappa shape index (κ1) is 14.6. The fraction of sp³-hybridized carbons (Fsp3) is 0.579. The zero-order valence-electron chi connectivity index (χ0n) is 14.0. The first-order valence-corrected chi connectivity index (χ1v) is 9.16. The van der Waals surface area contributed by atoms with Gasteiger partial charge in [0, 0.05) is 19.1 Å². The second-order valence-electron chi connectivity index (χ2n) is 7.46. The second-order valence-corrected chi connectivity index (χ2v) is 7.46. The molecule has 5 nitrogen and oxygen atoms in total. The Kier molecular flexibility index (Phi) is 3.64. The smallest absolute Gasteiger partial charge is 0.159 e. The van der Waals surface area contributed by atoms with E-state index in [1.54, 1.807) is 0 Å². The Morgan fingerprint density at radius 1 is 1.12 bits per heavy atom. The van der Waals surface area contributed by atoms with Gasteiger partial charge in [0.15, 0.2) is 5.82 Å². The Morgan fingerprint density at radius 3 is 2.96 bits per heavy atom. The Hall–Kier alpha value is -1.72. The van der Waals surface area contributed by atoms with Crippen LogP contribution in [0.1, 0.15) is 42.5 Å². The molecular weight excluding hydrogens is 300 g/mol. The number of likely N-dealkylation sites (tertiary alicyclic amines) is 1. The van der Waals surface area contributed by atoms with Crippen molar-refractivity contribution < 1.29 is 4.74 Å². The van der Waals surface area contributed by atoms with Gasteiger partial charge in [-0.1, -0.05) is 30.3 Å². The molecule has 2 aromatic rings. The van der Waals surface area contributed by atoms with Gasteiger partial charge in [-0.2, -0.15) is 0 Å². The largest absolute Gasteiger partial charge is 0.372 e. The number of fused-ring (bicyclic) bond motifs is 3. The van der Waals surface area contributed by atoms with Gasteiger partial charge in [-0.05, 0) is 36.7 Å². The van der Waals surface area contributed by atoms with Crippen LogP contribution in [0, 0.1) is 11.8 Å². The van der Waals surface area contributed by atoms with Gasteiger partial charge in [-0.3, -0.25) is 4.90 Å². The highest BCUT2D eigenvalue weighted by molar-refractivity contribution is 5.21. The molecule has 2 aliphatic heterocycles. The van der Waals surface area contributed by atoms with Crippen molar-refractivity contribution >= 4 is 0 Å². The van der Waals surface area contributed by atoms with Crippen LogP contribution in [0.5, 0.6) is 0 Å². The van der Waals surface area contributed by atoms with E-state index in [0.29, 0.717) is 12.6 Å². The maximum Gasteiger partial charge on any atom is 0.159 e. The van der Waals surface area contributed by atoms with Gasteiger partial charge in [0.1, 0.15) is 12.4 Å². The lowest BCUT2D eigenvalue weighted by atomic mass is 9.86. The Labute approximate surface area is 142 Å². The minimum Gasteiger partial charge on any atom is -0.372 e. The number of benzene rings is 1. The number of hydrogen-bond acceptors (Lipinski definition) is 4. The lowest BCUT2D eigenvalue weighted by molar-refractivity contribution is 0.0681. The molecule has 5 heteroatoms. The number of hydrogen-bond donors (Lipinski definition) is 0. The highest BCUT2D eigenvalue weighted by Crippen LogP contribution is 2.47. The maximum atomic E-state index is 5.50. The molecule has 2 bridgehead atoms. The highest BCUT2D eigenvalue weighted by atomic mass is 16.5. The molecule has 5 rings (SSSR count). The maximum absolute atomic E-state index is 5.50. The minimum atomic E-state index is 0.526. The molecule has 3 atom stereocenters. The zero-order valence-corrected chi connectivity index (χ0v) is 14.0. The van der Waals surface area contributed by atoms with Crippen LogP contribution in [-0.4, -0.2) is 32.8 Å². The van der Waals surface area contributed by atoms with Crippen LogP contribution in [0.2, 0.25) is 0 Å². The van der Waals surface area contributed by atoms with Gasteiger partial charge in [0.2, 0.25) is 0 Å². The number of ether oxygens (including phenoxy) is 1. The summed E-state index contributed by atoms with van der Waals surface area (Å²) in [6.07, 6.45) is 4.14. The summed E-state index contributed by atoms with van der Waals surface area (Å²) in [6.45, 7) is 4.34. The van der Waals surface area contributed by atoms with E-state index >= 15 is 0 Å². The minimum absolute atomic E-state index is 0.526. The highest BCUT2D eigenvalue weighted by Gasteiger charge is 2.41. The fourth-order valence-electron chi connectivity index (χ4n) is 4.96. The summed E-state index contributed by atoms with van der Waals surface area (Å²) in [5.74, 6) is 3.74. The third-order valence-corrected chi connectivity index (χ3v) is 5.99. The topological polar surface area (TPSA) is 43.2 Å². The Morgan fingerprint density at radius 2 is 2.04 bits per heavy atom. The summed E-state index contributed by atoms with van der Waals surface area (Å²) in [4.78, 5) is 2.66. The molecule has 1 aromatic carbocycles. The first-order valence-electron chi connectivity index (χ1n) is 9.16. The molecule has 24 heavy (non-hydrogen) atoms. The van der Waals surface area contributed by atoms with E-state index in [4.69, 9.17) is 4.74 Å².